The number of hydrogen-bond acceptors (Lipinski definition) is 6. The number of anilines is 1. The fourth-order valence-electron chi connectivity index (χ4n) is 4.77. The van der Waals surface area contributed by atoms with E-state index >= 15 is 0 Å². The standard InChI is InChI=1S/C25H21ClN4O4/c26-16-6-8-20(27-11-16)19-7-9-21(33-14-15-4-2-1-3-5-15)22-23(19)34-24(28-22)29-12-17-10-18(13-29)30(17)25(31)32/h1-9,11,17-18H,10,12-14H2,(H,31,32). The molecule has 3 fully saturated rings. The Labute approximate surface area is 200 Å². The molecule has 0 spiro atoms. The number of fused-ring (bicyclic) bond motifs is 3. The van der Waals surface area contributed by atoms with Gasteiger partial charge in [-0.2, -0.15) is 4.98 Å². The number of nitrogens with zero attached hydrogens (tertiary/aromatic N) is 4. The van der Waals surface area contributed by atoms with Crippen LogP contribution in [0.25, 0.3) is 22.4 Å². The Morgan fingerprint density at radius 3 is 2.62 bits per heavy atom. The SMILES string of the molecule is O=C(O)N1C2CC1CN(c1nc3c(OCc4ccccc4)ccc(-c4ccc(Cl)cn4)c3o1)C2. The van der Waals surface area contributed by atoms with Crippen molar-refractivity contribution in [2.75, 3.05) is 18.0 Å². The van der Waals surface area contributed by atoms with Gasteiger partial charge in [-0.25, -0.2) is 4.79 Å². The molecule has 2 bridgehead atoms. The van der Waals surface area contributed by atoms with Crippen LogP contribution in [0.3, 0.4) is 0 Å². The van der Waals surface area contributed by atoms with Crippen molar-refractivity contribution in [1.29, 1.82) is 0 Å². The zero-order chi connectivity index (χ0) is 23.2. The molecule has 8 nitrogen and oxygen atoms in total. The van der Waals surface area contributed by atoms with Gasteiger partial charge in [0.2, 0.25) is 0 Å². The minimum Gasteiger partial charge on any atom is -0.486 e. The predicted octanol–water partition coefficient (Wildman–Crippen LogP) is 5.06. The summed E-state index contributed by atoms with van der Waals surface area (Å²) in [7, 11) is 0. The number of aromatic nitrogens is 2. The summed E-state index contributed by atoms with van der Waals surface area (Å²) in [6.07, 6.45) is 1.60. The summed E-state index contributed by atoms with van der Waals surface area (Å²) >= 11 is 6.03. The van der Waals surface area contributed by atoms with Crippen LogP contribution in [0.4, 0.5) is 10.8 Å². The molecule has 0 radical (unpaired) electrons. The average molecular weight is 477 g/mol. The van der Waals surface area contributed by atoms with Crippen LogP contribution in [0, 0.1) is 0 Å². The fraction of sp³-hybridized carbons (Fsp3) is 0.240. The maximum atomic E-state index is 11.5. The molecule has 2 aromatic carbocycles. The topological polar surface area (TPSA) is 91.9 Å². The van der Waals surface area contributed by atoms with Crippen molar-refractivity contribution >= 4 is 34.8 Å². The van der Waals surface area contributed by atoms with Crippen LogP contribution in [0.2, 0.25) is 5.02 Å². The maximum Gasteiger partial charge on any atom is 0.407 e. The van der Waals surface area contributed by atoms with Crippen LogP contribution < -0.4 is 9.64 Å². The minimum atomic E-state index is -0.869. The lowest BCUT2D eigenvalue weighted by molar-refractivity contribution is 0.0101. The van der Waals surface area contributed by atoms with E-state index in [0.29, 0.717) is 53.3 Å². The van der Waals surface area contributed by atoms with E-state index in [1.165, 1.54) is 4.90 Å². The Bertz CT molecular complexity index is 1350. The smallest absolute Gasteiger partial charge is 0.407 e. The molecule has 4 aromatic rings. The number of rotatable bonds is 5. The lowest BCUT2D eigenvalue weighted by Gasteiger charge is -2.54. The first-order valence-electron chi connectivity index (χ1n) is 11.1. The molecular formula is C25H21ClN4O4. The van der Waals surface area contributed by atoms with Gasteiger partial charge in [-0.05, 0) is 36.2 Å². The van der Waals surface area contributed by atoms with Crippen molar-refractivity contribution in [1.82, 2.24) is 14.9 Å². The molecule has 2 aromatic heterocycles. The highest BCUT2D eigenvalue weighted by Crippen LogP contribution is 2.40. The Balaban J connectivity index is 1.37. The van der Waals surface area contributed by atoms with E-state index in [1.807, 2.05) is 53.4 Å². The Kier molecular flexibility index (Phi) is 5.03. The number of pyridine rings is 1. The molecule has 3 aliphatic heterocycles. The number of ether oxygens (including phenoxy) is 1. The number of carboxylic acid groups (broad SMARTS) is 1. The molecule has 1 amide bonds. The molecule has 7 rings (SSSR count). The number of hydrogen-bond donors (Lipinski definition) is 1. The molecule has 34 heavy (non-hydrogen) atoms. The summed E-state index contributed by atoms with van der Waals surface area (Å²) in [5.74, 6) is 0.612. The number of piperazine rings is 1. The first-order valence-corrected chi connectivity index (χ1v) is 11.4. The van der Waals surface area contributed by atoms with Crippen LogP contribution >= 0.6 is 11.6 Å². The van der Waals surface area contributed by atoms with Gasteiger partial charge in [0.15, 0.2) is 11.1 Å². The predicted molar refractivity (Wildman–Crippen MR) is 127 cm³/mol. The molecule has 2 unspecified atom stereocenters. The quantitative estimate of drug-likeness (QED) is 0.430. The Morgan fingerprint density at radius 1 is 1.12 bits per heavy atom. The van der Waals surface area contributed by atoms with Crippen molar-refractivity contribution in [2.24, 2.45) is 0 Å². The number of piperidine rings is 1. The van der Waals surface area contributed by atoms with E-state index in [2.05, 4.69) is 4.98 Å². The highest BCUT2D eigenvalue weighted by Gasteiger charge is 2.48. The molecule has 3 saturated heterocycles. The zero-order valence-corrected chi connectivity index (χ0v) is 18.9. The summed E-state index contributed by atoms with van der Waals surface area (Å²) in [5, 5.41) is 9.97. The maximum absolute atomic E-state index is 11.5. The number of oxazole rings is 1. The first kappa shape index (κ1) is 20.8. The van der Waals surface area contributed by atoms with E-state index in [0.717, 1.165) is 17.5 Å². The molecule has 1 N–H and O–H groups in total. The van der Waals surface area contributed by atoms with Crippen molar-refractivity contribution in [2.45, 2.75) is 25.1 Å². The minimum absolute atomic E-state index is 0.0440. The van der Waals surface area contributed by atoms with Gasteiger partial charge in [-0.1, -0.05) is 41.9 Å². The summed E-state index contributed by atoms with van der Waals surface area (Å²) < 4.78 is 12.4. The number of carbonyl (C=O) groups is 1. The summed E-state index contributed by atoms with van der Waals surface area (Å²) in [4.78, 5) is 24.2. The highest BCUT2D eigenvalue weighted by molar-refractivity contribution is 6.30. The van der Waals surface area contributed by atoms with Gasteiger partial charge in [0.1, 0.15) is 12.4 Å². The number of amides is 1. The van der Waals surface area contributed by atoms with Gasteiger partial charge >= 0.3 is 6.09 Å². The number of halogens is 1. The molecule has 3 aliphatic rings. The van der Waals surface area contributed by atoms with E-state index in [1.54, 1.807) is 12.3 Å². The average Bonchev–Trinajstić information content (AvgIpc) is 3.29. The Hall–Kier alpha value is -3.78. The summed E-state index contributed by atoms with van der Waals surface area (Å²) in [6, 6.07) is 17.7. The third-order valence-corrected chi connectivity index (χ3v) is 6.64. The molecule has 5 heterocycles. The number of benzene rings is 2. The lowest BCUT2D eigenvalue weighted by atomic mass is 9.88. The van der Waals surface area contributed by atoms with Gasteiger partial charge in [0.05, 0.1) is 22.8 Å². The third kappa shape index (κ3) is 3.60. The largest absolute Gasteiger partial charge is 0.486 e. The molecule has 9 heteroatoms. The summed E-state index contributed by atoms with van der Waals surface area (Å²) in [6.45, 7) is 1.49. The second-order valence-electron chi connectivity index (χ2n) is 8.56. The van der Waals surface area contributed by atoms with Gasteiger partial charge in [-0.15, -0.1) is 0 Å². The van der Waals surface area contributed by atoms with Crippen molar-refractivity contribution in [3.8, 4) is 17.0 Å². The first-order chi connectivity index (χ1) is 16.6. The van der Waals surface area contributed by atoms with Crippen molar-refractivity contribution < 1.29 is 19.1 Å². The molecule has 0 aliphatic carbocycles. The van der Waals surface area contributed by atoms with Crippen LogP contribution in [0.15, 0.2) is 65.2 Å². The van der Waals surface area contributed by atoms with Crippen molar-refractivity contribution in [3.05, 3.63) is 71.4 Å². The second kappa shape index (κ2) is 8.22. The van der Waals surface area contributed by atoms with Crippen LogP contribution in [0.5, 0.6) is 5.75 Å². The molecule has 172 valence electrons. The van der Waals surface area contributed by atoms with E-state index in [-0.39, 0.29) is 12.1 Å². The lowest BCUT2D eigenvalue weighted by Crippen LogP contribution is -2.70. The second-order valence-corrected chi connectivity index (χ2v) is 9.00. The monoisotopic (exact) mass is 476 g/mol. The van der Waals surface area contributed by atoms with Crippen LogP contribution in [-0.4, -0.2) is 51.2 Å². The van der Waals surface area contributed by atoms with Crippen molar-refractivity contribution in [3.63, 3.8) is 0 Å². The van der Waals surface area contributed by atoms with E-state index in [4.69, 9.17) is 25.7 Å². The van der Waals surface area contributed by atoms with Gasteiger partial charge in [-0.3, -0.25) is 9.88 Å². The van der Waals surface area contributed by atoms with Gasteiger partial charge < -0.3 is 19.2 Å². The van der Waals surface area contributed by atoms with Gasteiger partial charge in [0, 0.05) is 24.8 Å². The zero-order valence-electron chi connectivity index (χ0n) is 18.1. The highest BCUT2D eigenvalue weighted by atomic mass is 35.5. The third-order valence-electron chi connectivity index (χ3n) is 6.42. The normalized spacial score (nSPS) is 19.2. The Morgan fingerprint density at radius 2 is 1.91 bits per heavy atom. The molecular weight excluding hydrogens is 456 g/mol. The molecule has 0 saturated carbocycles. The fourth-order valence-corrected chi connectivity index (χ4v) is 4.89. The van der Waals surface area contributed by atoms with E-state index < -0.39 is 6.09 Å². The summed E-state index contributed by atoms with van der Waals surface area (Å²) in [5.41, 5.74) is 3.73. The van der Waals surface area contributed by atoms with Gasteiger partial charge in [0.25, 0.3) is 6.01 Å². The van der Waals surface area contributed by atoms with E-state index in [9.17, 15) is 9.90 Å². The van der Waals surface area contributed by atoms with Crippen LogP contribution in [0.1, 0.15) is 12.0 Å². The molecule has 2 atom stereocenters. The van der Waals surface area contributed by atoms with Crippen LogP contribution in [-0.2, 0) is 6.61 Å².